The molecule has 3 aromatic rings. The monoisotopic (exact) mass is 521 g/mol. The van der Waals surface area contributed by atoms with E-state index in [0.29, 0.717) is 38.6 Å². The minimum absolute atomic E-state index is 0.330. The molecule has 0 saturated carbocycles. The number of aliphatic carboxylic acids is 1. The van der Waals surface area contributed by atoms with Crippen LogP contribution < -0.4 is 10.5 Å². The zero-order valence-corrected chi connectivity index (χ0v) is 21.7. The molecule has 3 aromatic carbocycles. The van der Waals surface area contributed by atoms with Crippen LogP contribution in [0.2, 0.25) is 0 Å². The molecule has 0 saturated heterocycles. The summed E-state index contributed by atoms with van der Waals surface area (Å²) < 4.78 is 23.3. The van der Waals surface area contributed by atoms with Crippen LogP contribution in [0.5, 0.6) is 5.75 Å². The van der Waals surface area contributed by atoms with E-state index in [-0.39, 0.29) is 6.10 Å². The number of carbonyl (C=O) groups excluding carboxylic acids is 1. The van der Waals surface area contributed by atoms with E-state index >= 15 is 0 Å². The molecule has 0 unspecified atom stereocenters. The molecule has 8 nitrogen and oxygen atoms in total. The predicted molar refractivity (Wildman–Crippen MR) is 143 cm³/mol. The second-order valence-electron chi connectivity index (χ2n) is 9.56. The van der Waals surface area contributed by atoms with Gasteiger partial charge in [0.15, 0.2) is 0 Å². The first kappa shape index (κ1) is 28.8. The summed E-state index contributed by atoms with van der Waals surface area (Å²) in [5.41, 5.74) is 7.45. The Balaban J connectivity index is 1.57. The molecule has 3 N–H and O–H groups in total. The van der Waals surface area contributed by atoms with Crippen LogP contribution in [-0.4, -0.2) is 48.0 Å². The van der Waals surface area contributed by atoms with Gasteiger partial charge in [-0.25, -0.2) is 9.59 Å². The molecule has 0 aliphatic rings. The Hall–Kier alpha value is -3.72. The number of benzene rings is 3. The average molecular weight is 522 g/mol. The highest BCUT2D eigenvalue weighted by atomic mass is 16.6. The number of carbonyl (C=O) groups is 2. The summed E-state index contributed by atoms with van der Waals surface area (Å²) in [6.45, 7) is 5.04. The quantitative estimate of drug-likeness (QED) is 0.226. The van der Waals surface area contributed by atoms with Crippen molar-refractivity contribution in [2.75, 3.05) is 13.2 Å². The number of hydrogen-bond donors (Lipinski definition) is 2. The average Bonchev–Trinajstić information content (AvgIpc) is 2.90. The van der Waals surface area contributed by atoms with Gasteiger partial charge in [0.05, 0.1) is 26.4 Å². The summed E-state index contributed by atoms with van der Waals surface area (Å²) in [5, 5.41) is 8.91. The Morgan fingerprint density at radius 2 is 1.29 bits per heavy atom. The molecule has 0 heterocycles. The van der Waals surface area contributed by atoms with E-state index in [1.54, 1.807) is 13.8 Å². The summed E-state index contributed by atoms with van der Waals surface area (Å²) in [7, 11) is 0. The highest BCUT2D eigenvalue weighted by Gasteiger charge is 2.30. The second kappa shape index (κ2) is 14.3. The van der Waals surface area contributed by atoms with E-state index in [9.17, 15) is 9.59 Å². The lowest BCUT2D eigenvalue weighted by atomic mass is 9.98. The highest BCUT2D eigenvalue weighted by Crippen LogP contribution is 2.21. The van der Waals surface area contributed by atoms with E-state index in [2.05, 4.69) is 0 Å². The van der Waals surface area contributed by atoms with Crippen LogP contribution in [0, 0.1) is 0 Å². The van der Waals surface area contributed by atoms with Gasteiger partial charge in [-0.3, -0.25) is 0 Å². The molecule has 1 atom stereocenters. The summed E-state index contributed by atoms with van der Waals surface area (Å²) in [5.74, 6) is -1.76. The second-order valence-corrected chi connectivity index (χ2v) is 9.56. The molecule has 0 aromatic heterocycles. The van der Waals surface area contributed by atoms with E-state index < -0.39 is 23.6 Å². The molecule has 0 aliphatic heterocycles. The Bertz CT molecular complexity index is 1090. The zero-order chi connectivity index (χ0) is 27.4. The van der Waals surface area contributed by atoms with Gasteiger partial charge >= 0.3 is 11.9 Å². The Morgan fingerprint density at radius 1 is 0.789 bits per heavy atom. The van der Waals surface area contributed by atoms with Gasteiger partial charge in [0.2, 0.25) is 6.04 Å². The number of ether oxygens (including phenoxy) is 4. The molecular weight excluding hydrogens is 486 g/mol. The molecular formula is C30H35NO7. The number of carboxylic acids is 1. The van der Waals surface area contributed by atoms with E-state index in [0.717, 1.165) is 16.7 Å². The summed E-state index contributed by atoms with van der Waals surface area (Å²) in [6.07, 6.45) is 0.0398. The van der Waals surface area contributed by atoms with Crippen LogP contribution >= 0.6 is 0 Å². The molecule has 0 amide bonds. The molecule has 0 bridgehead atoms. The largest absolute Gasteiger partial charge is 0.486 e. The summed E-state index contributed by atoms with van der Waals surface area (Å²) in [6, 6.07) is 25.5. The minimum atomic E-state index is -1.71. The van der Waals surface area contributed by atoms with Gasteiger partial charge in [0.1, 0.15) is 17.5 Å². The number of carboxylic acid groups (broad SMARTS) is 1. The van der Waals surface area contributed by atoms with Crippen molar-refractivity contribution in [3.05, 3.63) is 102 Å². The Labute approximate surface area is 223 Å². The van der Waals surface area contributed by atoms with Gasteiger partial charge in [-0.1, -0.05) is 72.8 Å². The maximum atomic E-state index is 11.9. The molecule has 202 valence electrons. The third-order valence-electron chi connectivity index (χ3n) is 5.58. The Kier molecular flexibility index (Phi) is 10.8. The smallest absolute Gasteiger partial charge is 0.335 e. The number of nitrogens with two attached hydrogens (primary N) is 1. The first-order chi connectivity index (χ1) is 18.2. The van der Waals surface area contributed by atoms with Crippen molar-refractivity contribution in [3.8, 4) is 5.75 Å². The fourth-order valence-electron chi connectivity index (χ4n) is 3.72. The Morgan fingerprint density at radius 3 is 1.76 bits per heavy atom. The number of rotatable bonds is 15. The maximum Gasteiger partial charge on any atom is 0.335 e. The molecule has 38 heavy (non-hydrogen) atoms. The van der Waals surface area contributed by atoms with Crippen molar-refractivity contribution >= 4 is 11.9 Å². The van der Waals surface area contributed by atoms with Crippen LogP contribution in [0.1, 0.15) is 30.5 Å². The van der Waals surface area contributed by atoms with Crippen molar-refractivity contribution in [3.63, 3.8) is 0 Å². The lowest BCUT2D eigenvalue weighted by molar-refractivity contribution is -0.163. The lowest BCUT2D eigenvalue weighted by Crippen LogP contribution is -2.44. The van der Waals surface area contributed by atoms with Crippen molar-refractivity contribution in [2.24, 2.45) is 5.73 Å². The fraction of sp³-hybridized carbons (Fsp3) is 0.333. The highest BCUT2D eigenvalue weighted by molar-refractivity contribution is 5.98. The van der Waals surface area contributed by atoms with Crippen LogP contribution in [0.25, 0.3) is 0 Å². The van der Waals surface area contributed by atoms with Gasteiger partial charge in [-0.15, -0.1) is 0 Å². The molecule has 0 radical (unpaired) electrons. The maximum absolute atomic E-state index is 11.9. The fourth-order valence-corrected chi connectivity index (χ4v) is 3.72. The van der Waals surface area contributed by atoms with E-state index in [1.165, 1.54) is 0 Å². The molecule has 0 fully saturated rings. The number of hydrogen-bond acceptors (Lipinski definition) is 7. The lowest BCUT2D eigenvalue weighted by Gasteiger charge is -2.26. The van der Waals surface area contributed by atoms with E-state index in [4.69, 9.17) is 29.8 Å². The predicted octanol–water partition coefficient (Wildman–Crippen LogP) is 4.14. The SMILES string of the molecule is CC(C)(Cc1ccc(OC(COCc2ccccc2)COCc2ccccc2)cc1)OC(=O)[C@H](N)C(=O)O. The summed E-state index contributed by atoms with van der Waals surface area (Å²) in [4.78, 5) is 22.9. The van der Waals surface area contributed by atoms with Crippen LogP contribution in [0.4, 0.5) is 0 Å². The third kappa shape index (κ3) is 9.97. The van der Waals surface area contributed by atoms with Gasteiger partial charge < -0.3 is 29.8 Å². The normalized spacial score (nSPS) is 12.2. The summed E-state index contributed by atoms with van der Waals surface area (Å²) >= 11 is 0. The van der Waals surface area contributed by atoms with Gasteiger partial charge in [-0.05, 0) is 42.7 Å². The van der Waals surface area contributed by atoms with Crippen molar-refractivity contribution in [1.29, 1.82) is 0 Å². The van der Waals surface area contributed by atoms with E-state index in [1.807, 2.05) is 84.9 Å². The van der Waals surface area contributed by atoms with Gasteiger partial charge in [-0.2, -0.15) is 0 Å². The zero-order valence-electron chi connectivity index (χ0n) is 21.7. The first-order valence-corrected chi connectivity index (χ1v) is 12.4. The standard InChI is InChI=1S/C30H35NO7/c1-30(2,38-29(34)27(31)28(32)33)17-22-13-15-25(16-14-22)37-26(20-35-18-23-9-5-3-6-10-23)21-36-19-24-11-7-4-8-12-24/h3-16,26-27H,17-21,31H2,1-2H3,(H,32,33)/t27-/m1/s1. The van der Waals surface area contributed by atoms with Crippen LogP contribution in [0.15, 0.2) is 84.9 Å². The van der Waals surface area contributed by atoms with Gasteiger partial charge in [0, 0.05) is 6.42 Å². The minimum Gasteiger partial charge on any atom is -0.486 e. The van der Waals surface area contributed by atoms with Crippen molar-refractivity contribution in [2.45, 2.75) is 51.2 Å². The topological polar surface area (TPSA) is 117 Å². The number of esters is 1. The first-order valence-electron chi connectivity index (χ1n) is 12.4. The van der Waals surface area contributed by atoms with Crippen molar-refractivity contribution in [1.82, 2.24) is 0 Å². The van der Waals surface area contributed by atoms with Crippen molar-refractivity contribution < 1.29 is 33.6 Å². The molecule has 3 rings (SSSR count). The molecule has 8 heteroatoms. The van der Waals surface area contributed by atoms with Gasteiger partial charge in [0.25, 0.3) is 0 Å². The molecule has 0 spiro atoms. The van der Waals surface area contributed by atoms with Crippen LogP contribution in [-0.2, 0) is 43.4 Å². The molecule has 0 aliphatic carbocycles. The third-order valence-corrected chi connectivity index (χ3v) is 5.58. The van der Waals surface area contributed by atoms with Crippen LogP contribution in [0.3, 0.4) is 0 Å².